The molecule has 0 spiro atoms. The van der Waals surface area contributed by atoms with Gasteiger partial charge in [-0.2, -0.15) is 5.10 Å². The van der Waals surface area contributed by atoms with Gasteiger partial charge in [-0.3, -0.25) is 4.68 Å². The Hall–Kier alpha value is -0.870. The van der Waals surface area contributed by atoms with Crippen LogP contribution in [-0.2, 0) is 11.3 Å². The third kappa shape index (κ3) is 4.33. The van der Waals surface area contributed by atoms with Gasteiger partial charge in [-0.1, -0.05) is 13.3 Å². The molecule has 0 amide bonds. The van der Waals surface area contributed by atoms with Gasteiger partial charge in [0.15, 0.2) is 0 Å². The Balaban J connectivity index is 2.24. The van der Waals surface area contributed by atoms with Crippen molar-refractivity contribution < 1.29 is 4.74 Å². The molecule has 1 atom stereocenters. The minimum absolute atomic E-state index is 0.356. The summed E-state index contributed by atoms with van der Waals surface area (Å²) in [5, 5.41) is 7.49. The van der Waals surface area contributed by atoms with E-state index in [1.807, 2.05) is 17.9 Å². The fourth-order valence-corrected chi connectivity index (χ4v) is 1.40. The maximum absolute atomic E-state index is 5.50. The summed E-state index contributed by atoms with van der Waals surface area (Å²) < 4.78 is 7.44. The molecule has 1 rings (SSSR count). The third-order valence-corrected chi connectivity index (χ3v) is 2.69. The van der Waals surface area contributed by atoms with Crippen LogP contribution in [0.1, 0.15) is 38.3 Å². The molecule has 1 unspecified atom stereocenters. The Kier molecular flexibility index (Phi) is 6.11. The molecule has 0 bridgehead atoms. The minimum Gasteiger partial charge on any atom is -0.380 e. The number of nitrogens with zero attached hydrogens (tertiary/aromatic N) is 2. The lowest BCUT2D eigenvalue weighted by atomic mass is 10.2. The quantitative estimate of drug-likeness (QED) is 0.688. The Bertz CT molecular complexity index is 286. The lowest BCUT2D eigenvalue weighted by Crippen LogP contribution is -2.11. The fraction of sp³-hybridized carbons (Fsp3) is 0.750. The second kappa shape index (κ2) is 7.41. The monoisotopic (exact) mass is 225 g/mol. The van der Waals surface area contributed by atoms with E-state index in [1.54, 1.807) is 0 Å². The summed E-state index contributed by atoms with van der Waals surface area (Å²) in [4.78, 5) is 0. The first-order chi connectivity index (χ1) is 7.77. The second-order valence-electron chi connectivity index (χ2n) is 4.01. The first-order valence-electron chi connectivity index (χ1n) is 6.05. The normalized spacial score (nSPS) is 12.9. The highest BCUT2D eigenvalue weighted by Gasteiger charge is 2.04. The molecule has 1 N–H and O–H groups in total. The summed E-state index contributed by atoms with van der Waals surface area (Å²) in [5.41, 5.74) is 1.22. The predicted molar refractivity (Wildman–Crippen MR) is 65.4 cm³/mol. The molecule has 0 aliphatic rings. The maximum Gasteiger partial charge on any atom is 0.0662 e. The van der Waals surface area contributed by atoms with E-state index in [0.29, 0.717) is 6.04 Å². The van der Waals surface area contributed by atoms with Crippen LogP contribution in [0.3, 0.4) is 0 Å². The van der Waals surface area contributed by atoms with Gasteiger partial charge in [0.1, 0.15) is 0 Å². The smallest absolute Gasteiger partial charge is 0.0662 e. The number of unbranched alkanes of at least 4 members (excludes halogenated alkanes) is 1. The Morgan fingerprint density at radius 1 is 1.50 bits per heavy atom. The van der Waals surface area contributed by atoms with Crippen LogP contribution in [0.4, 0.5) is 0 Å². The second-order valence-corrected chi connectivity index (χ2v) is 4.01. The first-order valence-corrected chi connectivity index (χ1v) is 6.05. The fourth-order valence-electron chi connectivity index (χ4n) is 1.40. The zero-order valence-electron chi connectivity index (χ0n) is 10.6. The standard InChI is InChI=1S/C12H23N3O/c1-4-5-7-16-8-6-15-10-12(9-14-15)11(2)13-3/h9-11,13H,4-8H2,1-3H3. The van der Waals surface area contributed by atoms with Crippen LogP contribution in [0.15, 0.2) is 12.4 Å². The molecule has 0 saturated heterocycles. The van der Waals surface area contributed by atoms with Crippen molar-refractivity contribution in [2.45, 2.75) is 39.3 Å². The highest BCUT2D eigenvalue weighted by atomic mass is 16.5. The Morgan fingerprint density at radius 3 is 3.00 bits per heavy atom. The number of hydrogen-bond acceptors (Lipinski definition) is 3. The van der Waals surface area contributed by atoms with Gasteiger partial charge in [0.05, 0.1) is 19.3 Å². The van der Waals surface area contributed by atoms with E-state index in [9.17, 15) is 0 Å². The van der Waals surface area contributed by atoms with E-state index in [0.717, 1.165) is 26.2 Å². The van der Waals surface area contributed by atoms with Crippen molar-refractivity contribution in [1.82, 2.24) is 15.1 Å². The van der Waals surface area contributed by atoms with E-state index in [1.165, 1.54) is 12.0 Å². The average Bonchev–Trinajstić information content (AvgIpc) is 2.76. The minimum atomic E-state index is 0.356. The van der Waals surface area contributed by atoms with Gasteiger partial charge in [0.2, 0.25) is 0 Å². The molecule has 1 aromatic rings. The number of ether oxygens (including phenoxy) is 1. The summed E-state index contributed by atoms with van der Waals surface area (Å²) in [5.74, 6) is 0. The van der Waals surface area contributed by atoms with Crippen molar-refractivity contribution in [1.29, 1.82) is 0 Å². The number of aromatic nitrogens is 2. The average molecular weight is 225 g/mol. The van der Waals surface area contributed by atoms with E-state index in [2.05, 4.69) is 30.5 Å². The number of nitrogens with one attached hydrogen (secondary N) is 1. The Labute approximate surface area is 98.0 Å². The van der Waals surface area contributed by atoms with Crippen molar-refractivity contribution >= 4 is 0 Å². The summed E-state index contributed by atoms with van der Waals surface area (Å²) in [7, 11) is 1.95. The van der Waals surface area contributed by atoms with Crippen LogP contribution in [0.25, 0.3) is 0 Å². The molecule has 0 aliphatic carbocycles. The highest BCUT2D eigenvalue weighted by molar-refractivity contribution is 5.08. The van der Waals surface area contributed by atoms with Crippen molar-refractivity contribution in [2.24, 2.45) is 0 Å². The van der Waals surface area contributed by atoms with Gasteiger partial charge >= 0.3 is 0 Å². The summed E-state index contributed by atoms with van der Waals surface area (Å²) in [6, 6.07) is 0.356. The van der Waals surface area contributed by atoms with Crippen LogP contribution in [0.2, 0.25) is 0 Å². The number of hydrogen-bond donors (Lipinski definition) is 1. The van der Waals surface area contributed by atoms with Crippen LogP contribution in [-0.4, -0.2) is 30.0 Å². The lowest BCUT2D eigenvalue weighted by molar-refractivity contribution is 0.121. The van der Waals surface area contributed by atoms with Gasteiger partial charge in [0.25, 0.3) is 0 Å². The van der Waals surface area contributed by atoms with Gasteiger partial charge in [-0.15, -0.1) is 0 Å². The molecule has 0 saturated carbocycles. The van der Waals surface area contributed by atoms with Crippen molar-refractivity contribution in [3.05, 3.63) is 18.0 Å². The molecule has 92 valence electrons. The number of rotatable bonds is 8. The molecule has 0 fully saturated rings. The van der Waals surface area contributed by atoms with Gasteiger partial charge in [0, 0.05) is 24.4 Å². The van der Waals surface area contributed by atoms with Crippen LogP contribution >= 0.6 is 0 Å². The molecular formula is C12H23N3O. The van der Waals surface area contributed by atoms with E-state index in [4.69, 9.17) is 4.74 Å². The Morgan fingerprint density at radius 2 is 2.31 bits per heavy atom. The summed E-state index contributed by atoms with van der Waals surface area (Å²) >= 11 is 0. The van der Waals surface area contributed by atoms with Crippen LogP contribution < -0.4 is 5.32 Å². The van der Waals surface area contributed by atoms with Crippen LogP contribution in [0, 0.1) is 0 Å². The van der Waals surface area contributed by atoms with Crippen molar-refractivity contribution in [2.75, 3.05) is 20.3 Å². The van der Waals surface area contributed by atoms with Gasteiger partial charge in [-0.05, 0) is 20.4 Å². The van der Waals surface area contributed by atoms with Crippen LogP contribution in [0.5, 0.6) is 0 Å². The van der Waals surface area contributed by atoms with E-state index in [-0.39, 0.29) is 0 Å². The molecule has 4 heteroatoms. The largest absolute Gasteiger partial charge is 0.380 e. The van der Waals surface area contributed by atoms with Crippen molar-refractivity contribution in [3.8, 4) is 0 Å². The molecule has 1 aromatic heterocycles. The molecule has 4 nitrogen and oxygen atoms in total. The van der Waals surface area contributed by atoms with E-state index < -0.39 is 0 Å². The first kappa shape index (κ1) is 13.2. The molecule has 0 aromatic carbocycles. The molecule has 16 heavy (non-hydrogen) atoms. The van der Waals surface area contributed by atoms with Crippen molar-refractivity contribution in [3.63, 3.8) is 0 Å². The predicted octanol–water partition coefficient (Wildman–Crippen LogP) is 1.98. The zero-order chi connectivity index (χ0) is 11.8. The molecule has 1 heterocycles. The maximum atomic E-state index is 5.50. The van der Waals surface area contributed by atoms with Gasteiger partial charge < -0.3 is 10.1 Å². The van der Waals surface area contributed by atoms with Gasteiger partial charge in [-0.25, -0.2) is 0 Å². The molecular weight excluding hydrogens is 202 g/mol. The summed E-state index contributed by atoms with van der Waals surface area (Å²) in [6.45, 7) is 6.73. The third-order valence-electron chi connectivity index (χ3n) is 2.69. The lowest BCUT2D eigenvalue weighted by Gasteiger charge is -2.06. The SMILES string of the molecule is CCCCOCCn1cc(C(C)NC)cn1. The molecule has 0 radical (unpaired) electrons. The van der Waals surface area contributed by atoms with E-state index >= 15 is 0 Å². The zero-order valence-corrected chi connectivity index (χ0v) is 10.6. The molecule has 0 aliphatic heterocycles. The topological polar surface area (TPSA) is 39.1 Å². The highest BCUT2D eigenvalue weighted by Crippen LogP contribution is 2.09. The summed E-state index contributed by atoms with van der Waals surface area (Å²) in [6.07, 6.45) is 6.31.